The van der Waals surface area contributed by atoms with Gasteiger partial charge in [-0.1, -0.05) is 17.3 Å². The largest absolute Gasteiger partial charge is 0.493 e. The Morgan fingerprint density at radius 3 is 2.86 bits per heavy atom. The average molecular weight is 384 g/mol. The van der Waals surface area contributed by atoms with E-state index in [0.717, 1.165) is 16.5 Å². The summed E-state index contributed by atoms with van der Waals surface area (Å²) in [5, 5.41) is 12.5. The first-order chi connectivity index (χ1) is 14.3. The smallest absolute Gasteiger partial charge is 0.221 e. The van der Waals surface area contributed by atoms with Crippen LogP contribution in [0, 0.1) is 0 Å². The summed E-state index contributed by atoms with van der Waals surface area (Å²) in [4.78, 5) is 17.6. The molecule has 29 heavy (non-hydrogen) atoms. The first-order valence-corrected chi connectivity index (χ1v) is 8.96. The molecule has 0 bridgehead atoms. The van der Waals surface area contributed by atoms with E-state index in [1.165, 1.54) is 0 Å². The van der Waals surface area contributed by atoms with Gasteiger partial charge in [0.25, 0.3) is 0 Å². The maximum Gasteiger partial charge on any atom is 0.221 e. The molecule has 9 heteroatoms. The standard InChI is InChI=1S/C20H16N8O/c1-29-16-5-3-9-22-18(16)24-17-11-23-19-20(25-17)28(27-26-19)12-13-6-7-15-14(10-13)4-2-8-21-15/h2-11H,12H2,1H3,(H,22,24,25). The third kappa shape index (κ3) is 3.29. The predicted octanol–water partition coefficient (Wildman–Crippen LogP) is 2.97. The van der Waals surface area contributed by atoms with Crippen LogP contribution in [0.1, 0.15) is 5.56 Å². The molecule has 0 unspecified atom stereocenters. The predicted molar refractivity (Wildman–Crippen MR) is 108 cm³/mol. The van der Waals surface area contributed by atoms with E-state index in [9.17, 15) is 0 Å². The summed E-state index contributed by atoms with van der Waals surface area (Å²) in [5.41, 5.74) is 3.08. The molecular weight excluding hydrogens is 368 g/mol. The molecule has 0 amide bonds. The zero-order valence-corrected chi connectivity index (χ0v) is 15.5. The molecule has 0 saturated carbocycles. The van der Waals surface area contributed by atoms with Crippen LogP contribution >= 0.6 is 0 Å². The van der Waals surface area contributed by atoms with Crippen molar-refractivity contribution in [3.63, 3.8) is 0 Å². The topological polar surface area (TPSA) is 104 Å². The van der Waals surface area contributed by atoms with Crippen molar-refractivity contribution in [2.75, 3.05) is 12.4 Å². The zero-order chi connectivity index (χ0) is 19.6. The van der Waals surface area contributed by atoms with Crippen LogP contribution in [0.25, 0.3) is 22.2 Å². The fraction of sp³-hybridized carbons (Fsp3) is 0.100. The monoisotopic (exact) mass is 384 g/mol. The number of pyridine rings is 2. The van der Waals surface area contributed by atoms with Crippen molar-refractivity contribution in [1.29, 1.82) is 0 Å². The number of aromatic nitrogens is 7. The number of rotatable bonds is 5. The van der Waals surface area contributed by atoms with Crippen LogP contribution in [0.5, 0.6) is 5.75 Å². The number of nitrogens with one attached hydrogen (secondary N) is 1. The van der Waals surface area contributed by atoms with Crippen LogP contribution in [-0.2, 0) is 6.54 Å². The van der Waals surface area contributed by atoms with Crippen molar-refractivity contribution in [2.45, 2.75) is 6.54 Å². The van der Waals surface area contributed by atoms with E-state index in [-0.39, 0.29) is 0 Å². The molecule has 0 aliphatic carbocycles. The molecule has 0 saturated heterocycles. The van der Waals surface area contributed by atoms with Gasteiger partial charge in [-0.25, -0.2) is 19.6 Å². The first-order valence-electron chi connectivity index (χ1n) is 8.96. The molecule has 0 aliphatic heterocycles. The number of hydrogen-bond donors (Lipinski definition) is 1. The number of benzene rings is 1. The van der Waals surface area contributed by atoms with E-state index in [4.69, 9.17) is 4.74 Å². The maximum absolute atomic E-state index is 5.32. The lowest BCUT2D eigenvalue weighted by Gasteiger charge is -2.09. The highest BCUT2D eigenvalue weighted by molar-refractivity contribution is 5.79. The first kappa shape index (κ1) is 17.0. The van der Waals surface area contributed by atoms with Crippen molar-refractivity contribution in [1.82, 2.24) is 34.9 Å². The molecule has 0 spiro atoms. The second-order valence-corrected chi connectivity index (χ2v) is 6.36. The van der Waals surface area contributed by atoms with Crippen LogP contribution in [0.3, 0.4) is 0 Å². The molecule has 5 rings (SSSR count). The highest BCUT2D eigenvalue weighted by Gasteiger charge is 2.11. The number of ether oxygens (including phenoxy) is 1. The summed E-state index contributed by atoms with van der Waals surface area (Å²) >= 11 is 0. The lowest BCUT2D eigenvalue weighted by Crippen LogP contribution is -2.05. The molecule has 142 valence electrons. The lowest BCUT2D eigenvalue weighted by molar-refractivity contribution is 0.415. The Kier molecular flexibility index (Phi) is 4.17. The minimum absolute atomic E-state index is 0.478. The van der Waals surface area contributed by atoms with Gasteiger partial charge in [-0.3, -0.25) is 4.98 Å². The van der Waals surface area contributed by atoms with Crippen LogP contribution in [0.15, 0.2) is 61.1 Å². The van der Waals surface area contributed by atoms with Gasteiger partial charge in [0.1, 0.15) is 0 Å². The quantitative estimate of drug-likeness (QED) is 0.493. The van der Waals surface area contributed by atoms with E-state index >= 15 is 0 Å². The summed E-state index contributed by atoms with van der Waals surface area (Å²) in [6, 6.07) is 13.7. The Morgan fingerprint density at radius 2 is 1.93 bits per heavy atom. The number of anilines is 2. The molecule has 0 atom stereocenters. The number of fused-ring (bicyclic) bond motifs is 2. The fourth-order valence-corrected chi connectivity index (χ4v) is 3.09. The van der Waals surface area contributed by atoms with Crippen LogP contribution in [0.4, 0.5) is 11.6 Å². The van der Waals surface area contributed by atoms with E-state index in [1.807, 2.05) is 30.3 Å². The maximum atomic E-state index is 5.32. The molecule has 5 aromatic rings. The molecule has 0 aliphatic rings. The van der Waals surface area contributed by atoms with Crippen molar-refractivity contribution < 1.29 is 4.74 Å². The van der Waals surface area contributed by atoms with E-state index in [0.29, 0.717) is 35.2 Å². The molecular formula is C20H16N8O. The zero-order valence-electron chi connectivity index (χ0n) is 15.5. The lowest BCUT2D eigenvalue weighted by atomic mass is 10.1. The Balaban J connectivity index is 1.47. The summed E-state index contributed by atoms with van der Waals surface area (Å²) < 4.78 is 7.04. The minimum atomic E-state index is 0.478. The van der Waals surface area contributed by atoms with Gasteiger partial charge in [0.2, 0.25) is 5.65 Å². The Labute approximate surface area is 165 Å². The third-order valence-corrected chi connectivity index (χ3v) is 4.46. The van der Waals surface area contributed by atoms with Crippen LogP contribution in [-0.4, -0.2) is 42.0 Å². The summed E-state index contributed by atoms with van der Waals surface area (Å²) in [5.74, 6) is 1.70. The summed E-state index contributed by atoms with van der Waals surface area (Å²) in [6.07, 6.45) is 5.06. The molecule has 1 N–H and O–H groups in total. The molecule has 0 fully saturated rings. The second-order valence-electron chi connectivity index (χ2n) is 6.36. The van der Waals surface area contributed by atoms with Crippen molar-refractivity contribution in [2.24, 2.45) is 0 Å². The van der Waals surface area contributed by atoms with E-state index in [2.05, 4.69) is 41.6 Å². The molecule has 0 radical (unpaired) electrons. The highest BCUT2D eigenvalue weighted by atomic mass is 16.5. The van der Waals surface area contributed by atoms with E-state index in [1.54, 1.807) is 36.4 Å². The van der Waals surface area contributed by atoms with Gasteiger partial charge in [0.15, 0.2) is 23.0 Å². The summed E-state index contributed by atoms with van der Waals surface area (Å²) in [6.45, 7) is 0.520. The van der Waals surface area contributed by atoms with Gasteiger partial charge in [0, 0.05) is 17.8 Å². The Bertz CT molecular complexity index is 1320. The van der Waals surface area contributed by atoms with Gasteiger partial charge in [-0.2, -0.15) is 0 Å². The normalized spacial score (nSPS) is 11.1. The van der Waals surface area contributed by atoms with Crippen molar-refractivity contribution in [3.05, 3.63) is 66.6 Å². The van der Waals surface area contributed by atoms with Crippen molar-refractivity contribution in [3.8, 4) is 5.75 Å². The minimum Gasteiger partial charge on any atom is -0.493 e. The third-order valence-electron chi connectivity index (χ3n) is 4.46. The number of methoxy groups -OCH3 is 1. The Morgan fingerprint density at radius 1 is 1.03 bits per heavy atom. The molecule has 4 heterocycles. The van der Waals surface area contributed by atoms with Gasteiger partial charge >= 0.3 is 0 Å². The highest BCUT2D eigenvalue weighted by Crippen LogP contribution is 2.24. The van der Waals surface area contributed by atoms with Gasteiger partial charge in [0.05, 0.1) is 25.4 Å². The Hall–Kier alpha value is -4.14. The van der Waals surface area contributed by atoms with Gasteiger partial charge in [-0.15, -0.1) is 5.10 Å². The average Bonchev–Trinajstić information content (AvgIpc) is 3.16. The second kappa shape index (κ2) is 7.12. The van der Waals surface area contributed by atoms with Gasteiger partial charge in [-0.05, 0) is 35.9 Å². The number of hydrogen-bond acceptors (Lipinski definition) is 8. The fourth-order valence-electron chi connectivity index (χ4n) is 3.09. The van der Waals surface area contributed by atoms with Crippen molar-refractivity contribution >= 4 is 33.8 Å². The van der Waals surface area contributed by atoms with Crippen LogP contribution < -0.4 is 10.1 Å². The summed E-state index contributed by atoms with van der Waals surface area (Å²) in [7, 11) is 1.59. The number of nitrogens with zero attached hydrogens (tertiary/aromatic N) is 7. The van der Waals surface area contributed by atoms with E-state index < -0.39 is 0 Å². The van der Waals surface area contributed by atoms with Crippen LogP contribution in [0.2, 0.25) is 0 Å². The van der Waals surface area contributed by atoms with Gasteiger partial charge < -0.3 is 10.1 Å². The molecule has 4 aromatic heterocycles. The SMILES string of the molecule is COc1cccnc1Nc1cnc2nnn(Cc3ccc4ncccc4c3)c2n1. The molecule has 1 aromatic carbocycles. The molecule has 9 nitrogen and oxygen atoms in total.